The largest absolute Gasteiger partial charge is 0.322 e. The van der Waals surface area contributed by atoms with Gasteiger partial charge in [0.1, 0.15) is 17.7 Å². The first-order chi connectivity index (χ1) is 15.0. The number of thiophene rings is 1. The minimum Gasteiger partial charge on any atom is -0.322 e. The molecule has 1 aliphatic carbocycles. The third-order valence-corrected chi connectivity index (χ3v) is 6.57. The highest BCUT2D eigenvalue weighted by Gasteiger charge is 2.26. The molecule has 31 heavy (non-hydrogen) atoms. The maximum Gasteiger partial charge on any atom is 0.256 e. The van der Waals surface area contributed by atoms with Gasteiger partial charge in [-0.3, -0.25) is 9.36 Å². The van der Waals surface area contributed by atoms with E-state index < -0.39 is 0 Å². The number of carbonyl (C=O) groups is 1. The fraction of sp³-hybridized carbons (Fsp3) is 0.304. The van der Waals surface area contributed by atoms with Gasteiger partial charge in [0.05, 0.1) is 11.3 Å². The van der Waals surface area contributed by atoms with Crippen LogP contribution in [-0.2, 0) is 0 Å². The number of nitrogens with one attached hydrogen (secondary N) is 1. The van der Waals surface area contributed by atoms with Crippen LogP contribution in [0.1, 0.15) is 59.6 Å². The van der Waals surface area contributed by atoms with Gasteiger partial charge in [0, 0.05) is 34.3 Å². The quantitative estimate of drug-likeness (QED) is 0.454. The number of hydrogen-bond acceptors (Lipinski definition) is 5. The summed E-state index contributed by atoms with van der Waals surface area (Å²) >= 11 is 1.60. The Kier molecular flexibility index (Phi) is 4.94. The SMILES string of the molecule is Cc1sc(-n2cnc(C3CC3)c2)cc1C(=O)Nc1cccc(-c2nncn2C(C)C)c1. The standard InChI is InChI=1S/C23H24N6OS/c1-14(2)29-13-25-27-22(29)17-5-4-6-18(9-17)26-23(30)19-10-21(31-15(19)3)28-11-20(24-12-28)16-7-8-16/h4-6,9-14,16H,7-8H2,1-3H3,(H,26,30). The lowest BCUT2D eigenvalue weighted by molar-refractivity contribution is 0.102. The lowest BCUT2D eigenvalue weighted by atomic mass is 10.1. The van der Waals surface area contributed by atoms with Crippen molar-refractivity contribution in [3.8, 4) is 16.4 Å². The number of imidazole rings is 1. The van der Waals surface area contributed by atoms with E-state index >= 15 is 0 Å². The van der Waals surface area contributed by atoms with Crippen LogP contribution in [0.2, 0.25) is 0 Å². The van der Waals surface area contributed by atoms with Gasteiger partial charge in [-0.1, -0.05) is 12.1 Å². The van der Waals surface area contributed by atoms with Gasteiger partial charge in [-0.2, -0.15) is 0 Å². The number of rotatable bonds is 6. The monoisotopic (exact) mass is 432 g/mol. The molecule has 7 nitrogen and oxygen atoms in total. The maximum absolute atomic E-state index is 13.0. The molecule has 0 saturated heterocycles. The molecule has 0 spiro atoms. The van der Waals surface area contributed by atoms with Gasteiger partial charge >= 0.3 is 0 Å². The van der Waals surface area contributed by atoms with Crippen molar-refractivity contribution in [3.05, 3.63) is 65.3 Å². The van der Waals surface area contributed by atoms with Crippen molar-refractivity contribution in [3.63, 3.8) is 0 Å². The van der Waals surface area contributed by atoms with Crippen molar-refractivity contribution in [1.29, 1.82) is 0 Å². The Balaban J connectivity index is 1.37. The summed E-state index contributed by atoms with van der Waals surface area (Å²) in [4.78, 5) is 18.5. The van der Waals surface area contributed by atoms with Gasteiger partial charge in [0.15, 0.2) is 5.82 Å². The molecule has 0 radical (unpaired) electrons. The zero-order chi connectivity index (χ0) is 21.5. The van der Waals surface area contributed by atoms with Gasteiger partial charge in [-0.15, -0.1) is 21.5 Å². The number of carbonyl (C=O) groups excluding carboxylic acids is 1. The summed E-state index contributed by atoms with van der Waals surface area (Å²) in [5.41, 5.74) is 3.46. The highest BCUT2D eigenvalue weighted by atomic mass is 32.1. The zero-order valence-corrected chi connectivity index (χ0v) is 18.6. The molecule has 3 aromatic heterocycles. The maximum atomic E-state index is 13.0. The predicted molar refractivity (Wildman–Crippen MR) is 122 cm³/mol. The fourth-order valence-corrected chi connectivity index (χ4v) is 4.59. The number of benzene rings is 1. The van der Waals surface area contributed by atoms with Crippen molar-refractivity contribution in [2.75, 3.05) is 5.32 Å². The summed E-state index contributed by atoms with van der Waals surface area (Å²) in [5, 5.41) is 12.3. The van der Waals surface area contributed by atoms with Gasteiger partial charge in [-0.25, -0.2) is 4.98 Å². The molecule has 1 N–H and O–H groups in total. The molecule has 0 atom stereocenters. The molecule has 8 heteroatoms. The third kappa shape index (κ3) is 3.90. The average Bonchev–Trinajstić information content (AvgIpc) is 3.16. The molecule has 1 amide bonds. The Bertz CT molecular complexity index is 1250. The topological polar surface area (TPSA) is 77.6 Å². The summed E-state index contributed by atoms with van der Waals surface area (Å²) in [5.74, 6) is 1.27. The van der Waals surface area contributed by atoms with Crippen molar-refractivity contribution in [1.82, 2.24) is 24.3 Å². The van der Waals surface area contributed by atoms with Crippen LogP contribution in [0.15, 0.2) is 49.2 Å². The summed E-state index contributed by atoms with van der Waals surface area (Å²) in [6.07, 6.45) is 8.10. The first-order valence-electron chi connectivity index (χ1n) is 10.5. The number of anilines is 1. The number of nitrogens with zero attached hydrogens (tertiary/aromatic N) is 5. The van der Waals surface area contributed by atoms with E-state index in [9.17, 15) is 4.79 Å². The average molecular weight is 433 g/mol. The lowest BCUT2D eigenvalue weighted by Gasteiger charge is -2.11. The van der Waals surface area contributed by atoms with Crippen molar-refractivity contribution < 1.29 is 4.79 Å². The highest BCUT2D eigenvalue weighted by Crippen LogP contribution is 2.39. The van der Waals surface area contributed by atoms with Gasteiger partial charge < -0.3 is 9.88 Å². The molecule has 4 aromatic rings. The Morgan fingerprint density at radius 1 is 1.23 bits per heavy atom. The Morgan fingerprint density at radius 3 is 2.84 bits per heavy atom. The number of aryl methyl sites for hydroxylation is 1. The predicted octanol–water partition coefficient (Wildman–Crippen LogP) is 5.21. The molecule has 1 fully saturated rings. The fourth-order valence-electron chi connectivity index (χ4n) is 3.63. The van der Waals surface area contributed by atoms with E-state index in [1.54, 1.807) is 17.7 Å². The Hall–Kier alpha value is -3.26. The van der Waals surface area contributed by atoms with Crippen LogP contribution < -0.4 is 5.32 Å². The summed E-state index contributed by atoms with van der Waals surface area (Å²) in [6, 6.07) is 9.90. The second-order valence-electron chi connectivity index (χ2n) is 8.23. The minimum atomic E-state index is -0.120. The summed E-state index contributed by atoms with van der Waals surface area (Å²) < 4.78 is 4.03. The normalized spacial score (nSPS) is 13.7. The van der Waals surface area contributed by atoms with Gasteiger partial charge in [-0.05, 0) is 51.8 Å². The molecule has 0 bridgehead atoms. The Morgan fingerprint density at radius 2 is 2.06 bits per heavy atom. The molecule has 5 rings (SSSR count). The lowest BCUT2D eigenvalue weighted by Crippen LogP contribution is -2.12. The van der Waals surface area contributed by atoms with E-state index in [0.717, 1.165) is 32.6 Å². The van der Waals surface area contributed by atoms with E-state index in [-0.39, 0.29) is 11.9 Å². The van der Waals surface area contributed by atoms with Crippen LogP contribution in [0.3, 0.4) is 0 Å². The summed E-state index contributed by atoms with van der Waals surface area (Å²) in [7, 11) is 0. The van der Waals surface area contributed by atoms with E-state index in [4.69, 9.17) is 0 Å². The highest BCUT2D eigenvalue weighted by molar-refractivity contribution is 7.14. The van der Waals surface area contributed by atoms with Crippen molar-refractivity contribution in [2.24, 2.45) is 0 Å². The molecular weight excluding hydrogens is 408 g/mol. The van der Waals surface area contributed by atoms with Crippen LogP contribution >= 0.6 is 11.3 Å². The summed E-state index contributed by atoms with van der Waals surface area (Å²) in [6.45, 7) is 6.15. The smallest absolute Gasteiger partial charge is 0.256 e. The van der Waals surface area contributed by atoms with E-state index in [1.807, 2.05) is 52.7 Å². The molecule has 3 heterocycles. The van der Waals surface area contributed by atoms with E-state index in [0.29, 0.717) is 11.5 Å². The molecule has 1 aromatic carbocycles. The molecule has 0 aliphatic heterocycles. The molecule has 1 aliphatic rings. The molecular formula is C23H24N6OS. The number of hydrogen-bond donors (Lipinski definition) is 1. The molecule has 1 saturated carbocycles. The third-order valence-electron chi connectivity index (χ3n) is 5.51. The van der Waals surface area contributed by atoms with Crippen molar-refractivity contribution in [2.45, 2.75) is 45.6 Å². The molecule has 158 valence electrons. The van der Waals surface area contributed by atoms with Crippen LogP contribution in [0.25, 0.3) is 16.4 Å². The zero-order valence-electron chi connectivity index (χ0n) is 17.7. The number of amides is 1. The van der Waals surface area contributed by atoms with Crippen LogP contribution in [0.5, 0.6) is 0 Å². The Labute approximate surface area is 184 Å². The van der Waals surface area contributed by atoms with Gasteiger partial charge in [0.2, 0.25) is 0 Å². The van der Waals surface area contributed by atoms with Crippen LogP contribution in [0.4, 0.5) is 5.69 Å². The first-order valence-corrected chi connectivity index (χ1v) is 11.3. The number of aromatic nitrogens is 5. The van der Waals surface area contributed by atoms with Crippen LogP contribution in [-0.4, -0.2) is 30.2 Å². The molecule has 0 unspecified atom stereocenters. The first kappa shape index (κ1) is 19.7. The van der Waals surface area contributed by atoms with E-state index in [2.05, 4.69) is 40.5 Å². The minimum absolute atomic E-state index is 0.120. The van der Waals surface area contributed by atoms with Crippen LogP contribution in [0, 0.1) is 6.92 Å². The van der Waals surface area contributed by atoms with Gasteiger partial charge in [0.25, 0.3) is 5.91 Å². The second kappa shape index (κ2) is 7.77. The second-order valence-corrected chi connectivity index (χ2v) is 9.46. The van der Waals surface area contributed by atoms with Crippen molar-refractivity contribution >= 4 is 22.9 Å². The van der Waals surface area contributed by atoms with E-state index in [1.165, 1.54) is 12.8 Å².